The molecule has 0 spiro atoms. The highest BCUT2D eigenvalue weighted by atomic mass is 16.5. The summed E-state index contributed by atoms with van der Waals surface area (Å²) in [5.41, 5.74) is 1.66. The molecule has 1 heterocycles. The van der Waals surface area contributed by atoms with Crippen LogP contribution in [0.3, 0.4) is 0 Å². The summed E-state index contributed by atoms with van der Waals surface area (Å²) in [6, 6.07) is 10.4. The van der Waals surface area contributed by atoms with Gasteiger partial charge in [-0.25, -0.2) is 0 Å². The summed E-state index contributed by atoms with van der Waals surface area (Å²) in [7, 11) is 2.23. The second-order valence-electron chi connectivity index (χ2n) is 7.01. The minimum absolute atomic E-state index is 0.198. The lowest BCUT2D eigenvalue weighted by atomic mass is 9.79. The average Bonchev–Trinajstić information content (AvgIpc) is 2.34. The molecule has 0 radical (unpaired) electrons. The molecule has 0 aliphatic carbocycles. The van der Waals surface area contributed by atoms with Gasteiger partial charge in [-0.2, -0.15) is 0 Å². The van der Waals surface area contributed by atoms with Gasteiger partial charge in [-0.15, -0.1) is 0 Å². The molecule has 0 bridgehead atoms. The highest BCUT2D eigenvalue weighted by molar-refractivity contribution is 5.13. The molecular formula is C17H27NO. The van der Waals surface area contributed by atoms with Crippen molar-refractivity contribution in [2.24, 2.45) is 0 Å². The van der Waals surface area contributed by atoms with E-state index in [4.69, 9.17) is 4.74 Å². The van der Waals surface area contributed by atoms with Crippen molar-refractivity contribution < 1.29 is 4.74 Å². The quantitative estimate of drug-likeness (QED) is 0.819. The van der Waals surface area contributed by atoms with Crippen molar-refractivity contribution in [2.45, 2.75) is 64.3 Å². The third-order valence-corrected chi connectivity index (χ3v) is 4.60. The topological polar surface area (TPSA) is 12.5 Å². The molecule has 1 aromatic rings. The van der Waals surface area contributed by atoms with Gasteiger partial charge in [0.05, 0.1) is 12.7 Å². The van der Waals surface area contributed by atoms with E-state index in [-0.39, 0.29) is 11.1 Å². The van der Waals surface area contributed by atoms with Crippen LogP contribution in [0.4, 0.5) is 0 Å². The zero-order valence-corrected chi connectivity index (χ0v) is 12.9. The molecule has 0 saturated carbocycles. The number of piperidine rings is 1. The fourth-order valence-electron chi connectivity index (χ4n) is 3.19. The van der Waals surface area contributed by atoms with Crippen LogP contribution in [0.15, 0.2) is 30.3 Å². The molecule has 0 aromatic heterocycles. The van der Waals surface area contributed by atoms with Gasteiger partial charge < -0.3 is 4.74 Å². The lowest BCUT2D eigenvalue weighted by Crippen LogP contribution is -2.60. The Morgan fingerprint density at radius 1 is 1.05 bits per heavy atom. The third-order valence-electron chi connectivity index (χ3n) is 4.60. The van der Waals surface area contributed by atoms with E-state index in [2.05, 4.69) is 63.9 Å². The third kappa shape index (κ3) is 3.37. The Balaban J connectivity index is 1.98. The van der Waals surface area contributed by atoms with E-state index in [0.717, 1.165) is 19.4 Å². The lowest BCUT2D eigenvalue weighted by molar-refractivity contribution is -0.0962. The maximum Gasteiger partial charge on any atom is 0.0720 e. The molecule has 0 N–H and O–H groups in total. The Labute approximate surface area is 117 Å². The second kappa shape index (κ2) is 5.26. The first-order valence-electron chi connectivity index (χ1n) is 7.21. The molecule has 1 aliphatic heterocycles. The summed E-state index contributed by atoms with van der Waals surface area (Å²) in [6.45, 7) is 9.97. The highest BCUT2D eigenvalue weighted by Gasteiger charge is 2.43. The number of benzene rings is 1. The Kier molecular flexibility index (Phi) is 4.03. The van der Waals surface area contributed by atoms with Gasteiger partial charge in [-0.3, -0.25) is 4.90 Å². The van der Waals surface area contributed by atoms with Crippen LogP contribution < -0.4 is 0 Å². The number of hydrogen-bond acceptors (Lipinski definition) is 2. The number of nitrogens with zero attached hydrogens (tertiary/aromatic N) is 1. The summed E-state index contributed by atoms with van der Waals surface area (Å²) in [5, 5.41) is 0. The van der Waals surface area contributed by atoms with Crippen LogP contribution in [-0.4, -0.2) is 29.1 Å². The predicted molar refractivity (Wildman–Crippen MR) is 80.2 cm³/mol. The molecule has 1 fully saturated rings. The van der Waals surface area contributed by atoms with Crippen LogP contribution >= 0.6 is 0 Å². The van der Waals surface area contributed by atoms with Crippen molar-refractivity contribution in [3.8, 4) is 0 Å². The molecule has 0 atom stereocenters. The molecule has 0 amide bonds. The molecule has 1 saturated heterocycles. The van der Waals surface area contributed by atoms with Crippen LogP contribution in [0.1, 0.15) is 46.1 Å². The summed E-state index contributed by atoms with van der Waals surface area (Å²) < 4.78 is 6.16. The van der Waals surface area contributed by atoms with E-state index in [9.17, 15) is 0 Å². The van der Waals surface area contributed by atoms with Crippen LogP contribution in [0.2, 0.25) is 0 Å². The van der Waals surface area contributed by atoms with Crippen LogP contribution in [0.25, 0.3) is 0 Å². The van der Waals surface area contributed by atoms with Crippen LogP contribution in [0, 0.1) is 0 Å². The number of hydrogen-bond donors (Lipinski definition) is 0. The highest BCUT2D eigenvalue weighted by Crippen LogP contribution is 2.38. The monoisotopic (exact) mass is 261 g/mol. The number of likely N-dealkylation sites (tertiary alicyclic amines) is 1. The molecule has 19 heavy (non-hydrogen) atoms. The molecular weight excluding hydrogens is 234 g/mol. The molecule has 0 unspecified atom stereocenters. The van der Waals surface area contributed by atoms with Crippen molar-refractivity contribution in [1.82, 2.24) is 4.90 Å². The zero-order chi connectivity index (χ0) is 14.1. The molecule has 1 aliphatic rings. The van der Waals surface area contributed by atoms with Gasteiger partial charge in [-0.05, 0) is 53.1 Å². The first-order valence-corrected chi connectivity index (χ1v) is 7.21. The van der Waals surface area contributed by atoms with E-state index in [1.54, 1.807) is 0 Å². The normalized spacial score (nSPS) is 23.4. The van der Waals surface area contributed by atoms with Crippen molar-refractivity contribution in [1.29, 1.82) is 0 Å². The average molecular weight is 261 g/mol. The van der Waals surface area contributed by atoms with Gasteiger partial charge in [-0.1, -0.05) is 30.3 Å². The van der Waals surface area contributed by atoms with E-state index in [1.165, 1.54) is 5.56 Å². The molecule has 2 nitrogen and oxygen atoms in total. The minimum atomic E-state index is 0.198. The summed E-state index contributed by atoms with van der Waals surface area (Å²) >= 11 is 0. The molecule has 2 rings (SSSR count). The first-order chi connectivity index (χ1) is 8.81. The summed E-state index contributed by atoms with van der Waals surface area (Å²) in [5.74, 6) is 0. The van der Waals surface area contributed by atoms with E-state index in [1.807, 2.05) is 6.07 Å². The van der Waals surface area contributed by atoms with Gasteiger partial charge in [0, 0.05) is 11.1 Å². The minimum Gasteiger partial charge on any atom is -0.373 e. The first kappa shape index (κ1) is 14.5. The van der Waals surface area contributed by atoms with Gasteiger partial charge in [0.2, 0.25) is 0 Å². The largest absolute Gasteiger partial charge is 0.373 e. The van der Waals surface area contributed by atoms with Crippen molar-refractivity contribution in [2.75, 3.05) is 7.05 Å². The van der Waals surface area contributed by atoms with E-state index in [0.29, 0.717) is 6.10 Å². The Hall–Kier alpha value is -0.860. The Morgan fingerprint density at radius 2 is 1.58 bits per heavy atom. The van der Waals surface area contributed by atoms with Crippen molar-refractivity contribution in [3.05, 3.63) is 35.9 Å². The Morgan fingerprint density at radius 3 is 2.11 bits per heavy atom. The van der Waals surface area contributed by atoms with E-state index < -0.39 is 0 Å². The van der Waals surface area contributed by atoms with Crippen molar-refractivity contribution >= 4 is 0 Å². The lowest BCUT2D eigenvalue weighted by Gasteiger charge is -2.53. The fourth-order valence-corrected chi connectivity index (χ4v) is 3.19. The Bertz CT molecular complexity index is 393. The van der Waals surface area contributed by atoms with Gasteiger partial charge in [0.15, 0.2) is 0 Å². The van der Waals surface area contributed by atoms with Crippen LogP contribution in [-0.2, 0) is 11.3 Å². The van der Waals surface area contributed by atoms with Gasteiger partial charge in [0.25, 0.3) is 0 Å². The zero-order valence-electron chi connectivity index (χ0n) is 12.9. The van der Waals surface area contributed by atoms with Gasteiger partial charge in [0.1, 0.15) is 0 Å². The van der Waals surface area contributed by atoms with Gasteiger partial charge >= 0.3 is 0 Å². The summed E-state index contributed by atoms with van der Waals surface area (Å²) in [6.07, 6.45) is 2.54. The number of ether oxygens (including phenoxy) is 1. The molecule has 1 aromatic carbocycles. The predicted octanol–water partition coefficient (Wildman–Crippen LogP) is 3.85. The molecule has 2 heteroatoms. The maximum atomic E-state index is 6.16. The SMILES string of the molecule is CN1C(C)(C)CC(OCc2ccccc2)CC1(C)C. The standard InChI is InChI=1S/C17H27NO/c1-16(2)11-15(12-17(3,4)18(16)5)19-13-14-9-7-6-8-10-14/h6-10,15H,11-13H2,1-5H3. The fraction of sp³-hybridized carbons (Fsp3) is 0.647. The molecule has 106 valence electrons. The van der Waals surface area contributed by atoms with Crippen LogP contribution in [0.5, 0.6) is 0 Å². The maximum absolute atomic E-state index is 6.16. The summed E-state index contributed by atoms with van der Waals surface area (Å²) in [4.78, 5) is 2.49. The number of rotatable bonds is 3. The van der Waals surface area contributed by atoms with E-state index >= 15 is 0 Å². The second-order valence-corrected chi connectivity index (χ2v) is 7.01. The van der Waals surface area contributed by atoms with Crippen molar-refractivity contribution in [3.63, 3.8) is 0 Å². The smallest absolute Gasteiger partial charge is 0.0720 e.